The Balaban J connectivity index is 2.16. The monoisotopic (exact) mass is 287 g/mol. The van der Waals surface area contributed by atoms with E-state index in [2.05, 4.69) is 16.4 Å². The Hall–Kier alpha value is -1.78. The van der Waals surface area contributed by atoms with Crippen molar-refractivity contribution in [1.29, 1.82) is 0 Å². The van der Waals surface area contributed by atoms with E-state index in [9.17, 15) is 9.50 Å². The molecule has 1 atom stereocenters. The third kappa shape index (κ3) is 4.09. The molecule has 3 nitrogen and oxygen atoms in total. The third-order valence-corrected chi connectivity index (χ3v) is 3.45. The SMILES string of the molecule is CC(C)[C@H](CO)NCc1nc(-c2c[c]ccc2)ccc1F. The minimum absolute atomic E-state index is 0.0205. The summed E-state index contributed by atoms with van der Waals surface area (Å²) in [5.41, 5.74) is 1.98. The summed E-state index contributed by atoms with van der Waals surface area (Å²) in [6.07, 6.45) is 0. The van der Waals surface area contributed by atoms with Gasteiger partial charge in [-0.25, -0.2) is 9.37 Å². The van der Waals surface area contributed by atoms with E-state index in [-0.39, 0.29) is 24.4 Å². The van der Waals surface area contributed by atoms with E-state index < -0.39 is 0 Å². The number of aromatic nitrogens is 1. The fourth-order valence-corrected chi connectivity index (χ4v) is 2.06. The Morgan fingerprint density at radius 3 is 2.76 bits per heavy atom. The van der Waals surface area contributed by atoms with Gasteiger partial charge in [0.15, 0.2) is 0 Å². The summed E-state index contributed by atoms with van der Waals surface area (Å²) in [6, 6.07) is 13.4. The predicted molar refractivity (Wildman–Crippen MR) is 81.0 cm³/mol. The molecule has 4 heteroatoms. The molecule has 0 aliphatic carbocycles. The van der Waals surface area contributed by atoms with Gasteiger partial charge in [0.05, 0.1) is 18.0 Å². The smallest absolute Gasteiger partial charge is 0.146 e. The highest BCUT2D eigenvalue weighted by Gasteiger charge is 2.13. The van der Waals surface area contributed by atoms with E-state index in [0.29, 0.717) is 12.2 Å². The molecule has 0 saturated carbocycles. The Bertz CT molecular complexity index is 572. The van der Waals surface area contributed by atoms with Crippen molar-refractivity contribution >= 4 is 0 Å². The van der Waals surface area contributed by atoms with Gasteiger partial charge in [-0.15, -0.1) is 0 Å². The van der Waals surface area contributed by atoms with Crippen LogP contribution >= 0.6 is 0 Å². The van der Waals surface area contributed by atoms with Crippen LogP contribution in [-0.4, -0.2) is 22.7 Å². The van der Waals surface area contributed by atoms with Crippen molar-refractivity contribution in [3.8, 4) is 11.3 Å². The van der Waals surface area contributed by atoms with Gasteiger partial charge in [-0.2, -0.15) is 0 Å². The number of benzene rings is 1. The van der Waals surface area contributed by atoms with Crippen LogP contribution in [-0.2, 0) is 6.54 Å². The van der Waals surface area contributed by atoms with E-state index in [0.717, 1.165) is 11.3 Å². The van der Waals surface area contributed by atoms with Gasteiger partial charge in [0.25, 0.3) is 0 Å². The van der Waals surface area contributed by atoms with Gasteiger partial charge < -0.3 is 10.4 Å². The van der Waals surface area contributed by atoms with Crippen molar-refractivity contribution in [3.63, 3.8) is 0 Å². The summed E-state index contributed by atoms with van der Waals surface area (Å²) in [7, 11) is 0. The normalized spacial score (nSPS) is 12.6. The van der Waals surface area contributed by atoms with E-state index in [1.165, 1.54) is 6.07 Å². The van der Waals surface area contributed by atoms with E-state index in [1.54, 1.807) is 6.07 Å². The Kier molecular flexibility index (Phi) is 5.42. The number of pyridine rings is 1. The second-order valence-corrected chi connectivity index (χ2v) is 5.33. The minimum atomic E-state index is -0.341. The zero-order valence-electron chi connectivity index (χ0n) is 12.3. The molecule has 1 heterocycles. The second kappa shape index (κ2) is 7.29. The lowest BCUT2D eigenvalue weighted by Crippen LogP contribution is -2.36. The summed E-state index contributed by atoms with van der Waals surface area (Å²) in [5.74, 6) is -0.0726. The molecule has 0 aliphatic heterocycles. The number of nitrogens with one attached hydrogen (secondary N) is 1. The summed E-state index contributed by atoms with van der Waals surface area (Å²) in [6.45, 7) is 4.33. The quantitative estimate of drug-likeness (QED) is 0.858. The molecule has 0 unspecified atom stereocenters. The molecule has 2 aromatic rings. The van der Waals surface area contributed by atoms with Crippen LogP contribution in [0.15, 0.2) is 36.4 Å². The topological polar surface area (TPSA) is 45.1 Å². The van der Waals surface area contributed by atoms with Crippen molar-refractivity contribution < 1.29 is 9.50 Å². The first-order chi connectivity index (χ1) is 10.1. The highest BCUT2D eigenvalue weighted by atomic mass is 19.1. The fraction of sp³-hybridized carbons (Fsp3) is 0.353. The maximum atomic E-state index is 13.9. The van der Waals surface area contributed by atoms with E-state index >= 15 is 0 Å². The van der Waals surface area contributed by atoms with Crippen LogP contribution < -0.4 is 5.32 Å². The molecule has 0 saturated heterocycles. The Labute approximate surface area is 124 Å². The maximum absolute atomic E-state index is 13.9. The molecule has 111 valence electrons. The largest absolute Gasteiger partial charge is 0.395 e. The van der Waals surface area contributed by atoms with Crippen molar-refractivity contribution in [1.82, 2.24) is 10.3 Å². The lowest BCUT2D eigenvalue weighted by atomic mass is 10.1. The van der Waals surface area contributed by atoms with E-state index in [4.69, 9.17) is 0 Å². The van der Waals surface area contributed by atoms with Gasteiger partial charge in [0.2, 0.25) is 0 Å². The van der Waals surface area contributed by atoms with Crippen molar-refractivity contribution in [2.24, 2.45) is 5.92 Å². The zero-order valence-corrected chi connectivity index (χ0v) is 12.3. The van der Waals surface area contributed by atoms with Crippen LogP contribution in [0.3, 0.4) is 0 Å². The number of aliphatic hydroxyl groups excluding tert-OH is 1. The zero-order chi connectivity index (χ0) is 15.2. The number of rotatable bonds is 6. The van der Waals surface area contributed by atoms with Gasteiger partial charge in [-0.1, -0.05) is 32.0 Å². The first-order valence-corrected chi connectivity index (χ1v) is 7.08. The lowest BCUT2D eigenvalue weighted by Gasteiger charge is -2.20. The molecular formula is C17H20FN2O. The average molecular weight is 287 g/mol. The number of hydrogen-bond donors (Lipinski definition) is 2. The third-order valence-electron chi connectivity index (χ3n) is 3.45. The summed E-state index contributed by atoms with van der Waals surface area (Å²) in [5, 5.41) is 12.4. The molecule has 1 aromatic heterocycles. The number of halogens is 1. The van der Waals surface area contributed by atoms with Gasteiger partial charge in [0, 0.05) is 18.2 Å². The van der Waals surface area contributed by atoms with Gasteiger partial charge >= 0.3 is 0 Å². The lowest BCUT2D eigenvalue weighted by molar-refractivity contribution is 0.209. The number of hydrogen-bond acceptors (Lipinski definition) is 3. The molecule has 0 amide bonds. The van der Waals surface area contributed by atoms with Crippen LogP contribution in [0.25, 0.3) is 11.3 Å². The van der Waals surface area contributed by atoms with Crippen molar-refractivity contribution in [3.05, 3.63) is 54.0 Å². The van der Waals surface area contributed by atoms with Crippen molar-refractivity contribution in [2.75, 3.05) is 6.61 Å². The predicted octanol–water partition coefficient (Wildman–Crippen LogP) is 2.79. The van der Waals surface area contributed by atoms with Crippen LogP contribution in [0.5, 0.6) is 0 Å². The molecular weight excluding hydrogens is 267 g/mol. The average Bonchev–Trinajstić information content (AvgIpc) is 2.50. The molecule has 0 bridgehead atoms. The van der Waals surface area contributed by atoms with Gasteiger partial charge in [-0.3, -0.25) is 0 Å². The highest BCUT2D eigenvalue weighted by Crippen LogP contribution is 2.18. The van der Waals surface area contributed by atoms with Gasteiger partial charge in [0.1, 0.15) is 5.82 Å². The van der Waals surface area contributed by atoms with Crippen LogP contribution in [0.2, 0.25) is 0 Å². The summed E-state index contributed by atoms with van der Waals surface area (Å²) in [4.78, 5) is 4.37. The molecule has 0 fully saturated rings. The minimum Gasteiger partial charge on any atom is -0.395 e. The molecule has 0 aliphatic rings. The Morgan fingerprint density at radius 2 is 2.14 bits per heavy atom. The molecule has 2 N–H and O–H groups in total. The molecule has 2 rings (SSSR count). The summed E-state index contributed by atoms with van der Waals surface area (Å²) >= 11 is 0. The van der Waals surface area contributed by atoms with Crippen LogP contribution in [0.4, 0.5) is 4.39 Å². The molecule has 0 spiro atoms. The van der Waals surface area contributed by atoms with Crippen LogP contribution in [0, 0.1) is 17.8 Å². The second-order valence-electron chi connectivity index (χ2n) is 5.33. The van der Waals surface area contributed by atoms with Crippen molar-refractivity contribution in [2.45, 2.75) is 26.4 Å². The highest BCUT2D eigenvalue weighted by molar-refractivity contribution is 5.58. The number of nitrogens with zero attached hydrogens (tertiary/aromatic N) is 1. The number of aliphatic hydroxyl groups is 1. The standard InChI is InChI=1S/C17H20FN2O/c1-12(2)17(11-21)19-10-16-14(18)8-9-15(20-16)13-6-4-3-5-7-13/h3-4,6-9,12,17,19,21H,10-11H2,1-2H3/t17-/m0/s1. The van der Waals surface area contributed by atoms with E-state index in [1.807, 2.05) is 38.1 Å². The van der Waals surface area contributed by atoms with Crippen LogP contribution in [0.1, 0.15) is 19.5 Å². The van der Waals surface area contributed by atoms with Gasteiger partial charge in [-0.05, 0) is 30.2 Å². The maximum Gasteiger partial charge on any atom is 0.146 e. The Morgan fingerprint density at radius 1 is 1.33 bits per heavy atom. The molecule has 21 heavy (non-hydrogen) atoms. The first-order valence-electron chi connectivity index (χ1n) is 7.08. The molecule has 1 radical (unpaired) electrons. The fourth-order valence-electron chi connectivity index (χ4n) is 2.06. The molecule has 1 aromatic carbocycles. The first kappa shape index (κ1) is 15.6. The summed E-state index contributed by atoms with van der Waals surface area (Å²) < 4.78 is 13.9.